The molecule has 3 aromatic rings. The molecule has 144 valence electrons. The van der Waals surface area contributed by atoms with Crippen molar-refractivity contribution in [1.29, 1.82) is 0 Å². The van der Waals surface area contributed by atoms with Crippen LogP contribution in [0, 0.1) is 6.92 Å². The molecule has 0 atom stereocenters. The molecule has 0 fully saturated rings. The van der Waals surface area contributed by atoms with Gasteiger partial charge >= 0.3 is 0 Å². The maximum Gasteiger partial charge on any atom is 0.269 e. The lowest BCUT2D eigenvalue weighted by atomic mass is 10.3. The Labute approximate surface area is 163 Å². The number of nitrogens with one attached hydrogen (secondary N) is 3. The number of anilines is 3. The van der Waals surface area contributed by atoms with Gasteiger partial charge in [-0.2, -0.15) is 4.98 Å². The molecule has 8 heteroatoms. The van der Waals surface area contributed by atoms with E-state index in [1.807, 2.05) is 37.3 Å². The number of pyridine rings is 1. The van der Waals surface area contributed by atoms with Crippen LogP contribution in [0.3, 0.4) is 0 Å². The van der Waals surface area contributed by atoms with E-state index in [4.69, 9.17) is 4.74 Å². The van der Waals surface area contributed by atoms with Crippen LogP contribution >= 0.6 is 0 Å². The normalized spacial score (nSPS) is 10.2. The quantitative estimate of drug-likeness (QED) is 0.518. The highest BCUT2D eigenvalue weighted by atomic mass is 16.5. The summed E-state index contributed by atoms with van der Waals surface area (Å²) < 4.78 is 5.16. The second kappa shape index (κ2) is 9.31. The summed E-state index contributed by atoms with van der Waals surface area (Å²) in [7, 11) is 1.63. The van der Waals surface area contributed by atoms with Crippen LogP contribution in [0.1, 0.15) is 16.2 Å². The van der Waals surface area contributed by atoms with E-state index in [1.165, 1.54) is 0 Å². The Hall–Kier alpha value is -3.68. The van der Waals surface area contributed by atoms with Gasteiger partial charge in [-0.15, -0.1) is 0 Å². The molecule has 3 N–H and O–H groups in total. The van der Waals surface area contributed by atoms with Crippen LogP contribution in [0.5, 0.6) is 5.75 Å². The summed E-state index contributed by atoms with van der Waals surface area (Å²) in [4.78, 5) is 24.8. The molecule has 28 heavy (non-hydrogen) atoms. The third-order valence-electron chi connectivity index (χ3n) is 3.81. The van der Waals surface area contributed by atoms with Gasteiger partial charge in [0.15, 0.2) is 0 Å². The number of hydrogen-bond donors (Lipinski definition) is 3. The first-order chi connectivity index (χ1) is 13.6. The highest BCUT2D eigenvalue weighted by Gasteiger charge is 2.06. The zero-order chi connectivity index (χ0) is 19.8. The molecule has 1 aromatic carbocycles. The largest absolute Gasteiger partial charge is 0.497 e. The van der Waals surface area contributed by atoms with Gasteiger partial charge < -0.3 is 20.7 Å². The summed E-state index contributed by atoms with van der Waals surface area (Å²) in [6, 6.07) is 14.7. The standard InChI is InChI=1S/C20H22N6O2/c1-14-13-18(25-15-6-8-16(28-2)9-7-15)26-20(24-14)23-12-11-22-19(27)17-5-3-4-10-21-17/h3-10,13H,11-12H2,1-2H3,(H,22,27)(H2,23,24,25,26). The van der Waals surface area contributed by atoms with Crippen LogP contribution in [-0.4, -0.2) is 41.1 Å². The summed E-state index contributed by atoms with van der Waals surface area (Å²) in [6.07, 6.45) is 1.59. The Morgan fingerprint density at radius 2 is 1.89 bits per heavy atom. The minimum Gasteiger partial charge on any atom is -0.497 e. The van der Waals surface area contributed by atoms with E-state index in [2.05, 4.69) is 30.9 Å². The smallest absolute Gasteiger partial charge is 0.269 e. The molecule has 0 saturated heterocycles. The molecule has 8 nitrogen and oxygen atoms in total. The van der Waals surface area contributed by atoms with Crippen molar-refractivity contribution < 1.29 is 9.53 Å². The van der Waals surface area contributed by atoms with Gasteiger partial charge in [0, 0.05) is 36.7 Å². The van der Waals surface area contributed by atoms with Gasteiger partial charge in [-0.05, 0) is 43.3 Å². The summed E-state index contributed by atoms with van der Waals surface area (Å²) in [5.41, 5.74) is 2.11. The molecule has 0 saturated carbocycles. The van der Waals surface area contributed by atoms with Gasteiger partial charge in [0.1, 0.15) is 17.3 Å². The van der Waals surface area contributed by atoms with Crippen LogP contribution in [0.25, 0.3) is 0 Å². The summed E-state index contributed by atoms with van der Waals surface area (Å²) >= 11 is 0. The molecule has 0 aliphatic carbocycles. The van der Waals surface area contributed by atoms with E-state index in [-0.39, 0.29) is 5.91 Å². The zero-order valence-electron chi connectivity index (χ0n) is 15.8. The molecule has 1 amide bonds. The van der Waals surface area contributed by atoms with E-state index in [9.17, 15) is 4.79 Å². The van der Waals surface area contributed by atoms with Crippen LogP contribution in [-0.2, 0) is 0 Å². The van der Waals surface area contributed by atoms with E-state index in [1.54, 1.807) is 31.5 Å². The molecule has 0 bridgehead atoms. The van der Waals surface area contributed by atoms with Crippen molar-refractivity contribution in [2.75, 3.05) is 30.8 Å². The molecular weight excluding hydrogens is 356 g/mol. The Kier molecular flexibility index (Phi) is 6.35. The van der Waals surface area contributed by atoms with Crippen LogP contribution in [0.4, 0.5) is 17.5 Å². The predicted molar refractivity (Wildman–Crippen MR) is 108 cm³/mol. The lowest BCUT2D eigenvalue weighted by Gasteiger charge is -2.11. The summed E-state index contributed by atoms with van der Waals surface area (Å²) in [5, 5.41) is 9.16. The Balaban J connectivity index is 1.53. The Bertz CT molecular complexity index is 916. The zero-order valence-corrected chi connectivity index (χ0v) is 15.8. The maximum absolute atomic E-state index is 12.0. The first kappa shape index (κ1) is 19.1. The minimum atomic E-state index is -0.213. The average Bonchev–Trinajstić information content (AvgIpc) is 2.72. The van der Waals surface area contributed by atoms with Crippen molar-refractivity contribution in [2.45, 2.75) is 6.92 Å². The number of aryl methyl sites for hydroxylation is 1. The monoisotopic (exact) mass is 378 g/mol. The molecule has 3 rings (SSSR count). The molecule has 0 aliphatic rings. The fourth-order valence-corrected chi connectivity index (χ4v) is 2.47. The number of amides is 1. The molecular formula is C20H22N6O2. The van der Waals surface area contributed by atoms with E-state index in [0.717, 1.165) is 17.1 Å². The van der Waals surface area contributed by atoms with E-state index < -0.39 is 0 Å². The van der Waals surface area contributed by atoms with Crippen molar-refractivity contribution in [3.63, 3.8) is 0 Å². The predicted octanol–water partition coefficient (Wildman–Crippen LogP) is 2.77. The molecule has 0 radical (unpaired) electrons. The van der Waals surface area contributed by atoms with Gasteiger partial charge in [-0.3, -0.25) is 9.78 Å². The molecule has 0 aliphatic heterocycles. The number of ether oxygens (including phenoxy) is 1. The number of rotatable bonds is 8. The van der Waals surface area contributed by atoms with E-state index >= 15 is 0 Å². The SMILES string of the molecule is COc1ccc(Nc2cc(C)nc(NCCNC(=O)c3ccccn3)n2)cc1. The third kappa shape index (κ3) is 5.41. The Morgan fingerprint density at radius 3 is 2.61 bits per heavy atom. The van der Waals surface area contributed by atoms with Gasteiger partial charge in [-0.25, -0.2) is 4.98 Å². The first-order valence-electron chi connectivity index (χ1n) is 8.84. The highest BCUT2D eigenvalue weighted by Crippen LogP contribution is 2.19. The fraction of sp³-hybridized carbons (Fsp3) is 0.200. The summed E-state index contributed by atoms with van der Waals surface area (Å²) in [6.45, 7) is 2.81. The maximum atomic E-state index is 12.0. The van der Waals surface area contributed by atoms with Gasteiger partial charge in [0.05, 0.1) is 7.11 Å². The Morgan fingerprint density at radius 1 is 1.07 bits per heavy atom. The second-order valence-corrected chi connectivity index (χ2v) is 5.97. The number of carbonyl (C=O) groups excluding carboxylic acids is 1. The fourth-order valence-electron chi connectivity index (χ4n) is 2.47. The number of hydrogen-bond acceptors (Lipinski definition) is 7. The lowest BCUT2D eigenvalue weighted by molar-refractivity contribution is 0.0950. The van der Waals surface area contributed by atoms with Crippen molar-refractivity contribution in [3.05, 3.63) is 66.1 Å². The number of aromatic nitrogens is 3. The van der Waals surface area contributed by atoms with Crippen LogP contribution in [0.2, 0.25) is 0 Å². The minimum absolute atomic E-state index is 0.213. The molecule has 0 spiro atoms. The number of benzene rings is 1. The lowest BCUT2D eigenvalue weighted by Crippen LogP contribution is -2.29. The van der Waals surface area contributed by atoms with Crippen LogP contribution < -0.4 is 20.7 Å². The van der Waals surface area contributed by atoms with Crippen LogP contribution in [0.15, 0.2) is 54.7 Å². The molecule has 2 heterocycles. The van der Waals surface area contributed by atoms with Gasteiger partial charge in [0.2, 0.25) is 5.95 Å². The first-order valence-corrected chi connectivity index (χ1v) is 8.84. The van der Waals surface area contributed by atoms with Gasteiger partial charge in [-0.1, -0.05) is 6.07 Å². The number of methoxy groups -OCH3 is 1. The van der Waals surface area contributed by atoms with E-state index in [0.29, 0.717) is 30.5 Å². The topological polar surface area (TPSA) is 101 Å². The average molecular weight is 378 g/mol. The second-order valence-electron chi connectivity index (χ2n) is 5.97. The van der Waals surface area contributed by atoms with Crippen molar-refractivity contribution in [1.82, 2.24) is 20.3 Å². The summed E-state index contributed by atoms with van der Waals surface area (Å²) in [5.74, 6) is 1.75. The number of carbonyl (C=O) groups is 1. The van der Waals surface area contributed by atoms with Crippen molar-refractivity contribution in [2.24, 2.45) is 0 Å². The number of nitrogens with zero attached hydrogens (tertiary/aromatic N) is 3. The van der Waals surface area contributed by atoms with Gasteiger partial charge in [0.25, 0.3) is 5.91 Å². The molecule has 0 unspecified atom stereocenters. The third-order valence-corrected chi connectivity index (χ3v) is 3.81. The highest BCUT2D eigenvalue weighted by molar-refractivity contribution is 5.92. The van der Waals surface area contributed by atoms with Crippen molar-refractivity contribution in [3.8, 4) is 5.75 Å². The molecule has 2 aromatic heterocycles. The van der Waals surface area contributed by atoms with Crippen molar-refractivity contribution >= 4 is 23.4 Å².